The van der Waals surface area contributed by atoms with Crippen LogP contribution < -0.4 is 0 Å². The van der Waals surface area contributed by atoms with Crippen molar-refractivity contribution in [3.05, 3.63) is 58.2 Å². The summed E-state index contributed by atoms with van der Waals surface area (Å²) in [6.45, 7) is 4.73. The third-order valence-corrected chi connectivity index (χ3v) is 4.01. The molecule has 2 aromatic rings. The van der Waals surface area contributed by atoms with E-state index in [1.165, 1.54) is 38.3 Å². The van der Waals surface area contributed by atoms with Gasteiger partial charge >= 0.3 is 11.9 Å². The Bertz CT molecular complexity index is 838. The molecular formula is C19H20FNO5. The molecule has 1 aromatic heterocycles. The van der Waals surface area contributed by atoms with E-state index in [9.17, 15) is 18.8 Å². The van der Waals surface area contributed by atoms with Crippen LogP contribution in [-0.4, -0.2) is 35.9 Å². The summed E-state index contributed by atoms with van der Waals surface area (Å²) in [5.74, 6) is -2.00. The zero-order valence-corrected chi connectivity index (χ0v) is 15.0. The number of aromatic amines is 1. The fourth-order valence-corrected chi connectivity index (χ4v) is 2.67. The molecular weight excluding hydrogens is 341 g/mol. The van der Waals surface area contributed by atoms with Gasteiger partial charge in [0.25, 0.3) is 0 Å². The van der Waals surface area contributed by atoms with Gasteiger partial charge in [0.2, 0.25) is 5.78 Å². The van der Waals surface area contributed by atoms with E-state index in [2.05, 4.69) is 4.98 Å². The van der Waals surface area contributed by atoms with Crippen LogP contribution in [0.15, 0.2) is 24.3 Å². The zero-order chi connectivity index (χ0) is 19.4. The monoisotopic (exact) mass is 361 g/mol. The number of carbonyl (C=O) groups is 3. The number of rotatable bonds is 6. The third-order valence-electron chi connectivity index (χ3n) is 4.01. The number of ether oxygens (including phenoxy) is 2. The molecule has 26 heavy (non-hydrogen) atoms. The van der Waals surface area contributed by atoms with E-state index < -0.39 is 29.6 Å². The fourth-order valence-electron chi connectivity index (χ4n) is 2.67. The van der Waals surface area contributed by atoms with Gasteiger partial charge in [0, 0.05) is 5.69 Å². The minimum atomic E-state index is -1.04. The van der Waals surface area contributed by atoms with Crippen molar-refractivity contribution in [3.63, 3.8) is 0 Å². The van der Waals surface area contributed by atoms with Crippen molar-refractivity contribution >= 4 is 17.7 Å². The normalized spacial score (nSPS) is 11.7. The lowest BCUT2D eigenvalue weighted by molar-refractivity contribution is -0.145. The van der Waals surface area contributed by atoms with Crippen LogP contribution in [0.4, 0.5) is 4.39 Å². The van der Waals surface area contributed by atoms with Crippen LogP contribution in [-0.2, 0) is 20.7 Å². The van der Waals surface area contributed by atoms with Gasteiger partial charge in [-0.2, -0.15) is 0 Å². The third kappa shape index (κ3) is 4.17. The fraction of sp³-hybridized carbons (Fsp3) is 0.316. The molecule has 0 aliphatic carbocycles. The Morgan fingerprint density at radius 1 is 1.15 bits per heavy atom. The van der Waals surface area contributed by atoms with Crippen molar-refractivity contribution < 1.29 is 28.2 Å². The van der Waals surface area contributed by atoms with Crippen LogP contribution in [0.25, 0.3) is 0 Å². The van der Waals surface area contributed by atoms with Gasteiger partial charge < -0.3 is 14.5 Å². The highest BCUT2D eigenvalue weighted by Gasteiger charge is 2.27. The van der Waals surface area contributed by atoms with Crippen LogP contribution in [0.5, 0.6) is 0 Å². The van der Waals surface area contributed by atoms with E-state index in [0.29, 0.717) is 22.4 Å². The average molecular weight is 361 g/mol. The quantitative estimate of drug-likeness (QED) is 0.632. The van der Waals surface area contributed by atoms with Crippen LogP contribution in [0, 0.1) is 19.7 Å². The lowest BCUT2D eigenvalue weighted by atomic mass is 10.1. The van der Waals surface area contributed by atoms with Crippen LogP contribution in [0.2, 0.25) is 0 Å². The summed E-state index contributed by atoms with van der Waals surface area (Å²) in [6, 6.07) is 5.45. The van der Waals surface area contributed by atoms with Gasteiger partial charge in [-0.25, -0.2) is 9.18 Å². The van der Waals surface area contributed by atoms with Gasteiger partial charge in [-0.1, -0.05) is 12.1 Å². The van der Waals surface area contributed by atoms with Crippen LogP contribution in [0.1, 0.15) is 44.6 Å². The van der Waals surface area contributed by atoms with E-state index in [1.54, 1.807) is 13.8 Å². The Morgan fingerprint density at radius 3 is 2.35 bits per heavy atom. The zero-order valence-electron chi connectivity index (χ0n) is 15.0. The molecule has 0 radical (unpaired) electrons. The van der Waals surface area contributed by atoms with Crippen molar-refractivity contribution in [1.82, 2.24) is 4.98 Å². The smallest absolute Gasteiger partial charge is 0.339 e. The first-order valence-electron chi connectivity index (χ1n) is 8.00. The van der Waals surface area contributed by atoms with Crippen molar-refractivity contribution in [1.29, 1.82) is 0 Å². The SMILES string of the molecule is COC(=O)c1c(C)[nH]c(C(=O)[C@H](C)OC(=O)Cc2ccc(F)cc2)c1C. The minimum absolute atomic E-state index is 0.0754. The Kier molecular flexibility index (Phi) is 5.92. The highest BCUT2D eigenvalue weighted by atomic mass is 19.1. The molecule has 6 nitrogen and oxygen atoms in total. The molecule has 1 N–H and O–H groups in total. The number of nitrogens with one attached hydrogen (secondary N) is 1. The number of aromatic nitrogens is 1. The summed E-state index contributed by atoms with van der Waals surface area (Å²) >= 11 is 0. The average Bonchev–Trinajstić information content (AvgIpc) is 2.90. The Balaban J connectivity index is 2.08. The second kappa shape index (κ2) is 7.95. The predicted octanol–water partition coefficient (Wildman–Crippen LogP) is 2.91. The van der Waals surface area contributed by atoms with Crippen molar-refractivity contribution in [2.24, 2.45) is 0 Å². The molecule has 0 spiro atoms. The van der Waals surface area contributed by atoms with Gasteiger partial charge in [-0.15, -0.1) is 0 Å². The molecule has 0 unspecified atom stereocenters. The Labute approximate surface area is 150 Å². The van der Waals surface area contributed by atoms with Gasteiger partial charge in [-0.05, 0) is 44.0 Å². The molecule has 138 valence electrons. The first-order chi connectivity index (χ1) is 12.2. The molecule has 1 aromatic carbocycles. The van der Waals surface area contributed by atoms with Gasteiger partial charge in [0.1, 0.15) is 5.82 Å². The maximum absolute atomic E-state index is 12.9. The topological polar surface area (TPSA) is 85.5 Å². The summed E-state index contributed by atoms with van der Waals surface area (Å²) < 4.78 is 22.8. The molecule has 1 heterocycles. The molecule has 0 bridgehead atoms. The van der Waals surface area contributed by atoms with Crippen molar-refractivity contribution in [2.45, 2.75) is 33.3 Å². The highest BCUT2D eigenvalue weighted by molar-refractivity contribution is 6.04. The summed E-state index contributed by atoms with van der Waals surface area (Å²) in [7, 11) is 1.26. The Morgan fingerprint density at radius 2 is 1.77 bits per heavy atom. The van der Waals surface area contributed by atoms with Crippen LogP contribution in [0.3, 0.4) is 0 Å². The van der Waals surface area contributed by atoms with Gasteiger partial charge in [0.15, 0.2) is 6.10 Å². The molecule has 0 amide bonds. The molecule has 1 atom stereocenters. The first kappa shape index (κ1) is 19.4. The predicted molar refractivity (Wildman–Crippen MR) is 91.6 cm³/mol. The number of carbonyl (C=O) groups excluding carboxylic acids is 3. The number of H-pyrrole nitrogens is 1. The summed E-state index contributed by atoms with van der Waals surface area (Å²) in [5, 5.41) is 0. The molecule has 2 rings (SSSR count). The molecule has 7 heteroatoms. The maximum atomic E-state index is 12.9. The lowest BCUT2D eigenvalue weighted by Gasteiger charge is -2.12. The van der Waals surface area contributed by atoms with E-state index >= 15 is 0 Å². The maximum Gasteiger partial charge on any atom is 0.339 e. The van der Waals surface area contributed by atoms with Gasteiger partial charge in [-0.3, -0.25) is 9.59 Å². The van der Waals surface area contributed by atoms with E-state index in [-0.39, 0.29) is 12.1 Å². The number of esters is 2. The summed E-state index contributed by atoms with van der Waals surface area (Å²) in [4.78, 5) is 39.2. The molecule has 0 fully saturated rings. The lowest BCUT2D eigenvalue weighted by Crippen LogP contribution is -2.26. The minimum Gasteiger partial charge on any atom is -0.465 e. The van der Waals surface area contributed by atoms with E-state index in [1.807, 2.05) is 0 Å². The largest absolute Gasteiger partial charge is 0.465 e. The summed E-state index contributed by atoms with van der Waals surface area (Å²) in [5.41, 5.74) is 2.02. The number of benzene rings is 1. The standard InChI is InChI=1S/C19H20FNO5/c1-10-16(19(24)25-4)11(2)21-17(10)18(23)12(3)26-15(22)9-13-5-7-14(20)8-6-13/h5-8,12,21H,9H2,1-4H3/t12-/m0/s1. The Hall–Kier alpha value is -2.96. The number of ketones is 1. The van der Waals surface area contributed by atoms with Crippen molar-refractivity contribution in [2.75, 3.05) is 7.11 Å². The number of hydrogen-bond acceptors (Lipinski definition) is 5. The van der Waals surface area contributed by atoms with E-state index in [4.69, 9.17) is 9.47 Å². The van der Waals surface area contributed by atoms with Crippen LogP contribution >= 0.6 is 0 Å². The van der Waals surface area contributed by atoms with E-state index in [0.717, 1.165) is 0 Å². The second-order valence-electron chi connectivity index (χ2n) is 5.92. The number of Topliss-reactive ketones (excluding diaryl/α,β-unsaturated/α-hetero) is 1. The second-order valence-corrected chi connectivity index (χ2v) is 5.92. The number of halogens is 1. The number of hydrogen-bond donors (Lipinski definition) is 1. The first-order valence-corrected chi connectivity index (χ1v) is 8.00. The number of aryl methyl sites for hydroxylation is 1. The molecule has 0 saturated carbocycles. The molecule has 0 aliphatic rings. The number of methoxy groups -OCH3 is 1. The van der Waals surface area contributed by atoms with Crippen molar-refractivity contribution in [3.8, 4) is 0 Å². The van der Waals surface area contributed by atoms with Gasteiger partial charge in [0.05, 0.1) is 24.8 Å². The molecule has 0 saturated heterocycles. The summed E-state index contributed by atoms with van der Waals surface area (Å²) in [6.07, 6.45) is -1.11. The highest BCUT2D eigenvalue weighted by Crippen LogP contribution is 2.21. The molecule has 0 aliphatic heterocycles.